The smallest absolute Gasteiger partial charge is 0.466 e. The Labute approximate surface area is 204 Å². The van der Waals surface area contributed by atoms with Crippen LogP contribution in [0.5, 0.6) is 5.88 Å². The van der Waals surface area contributed by atoms with Gasteiger partial charge < -0.3 is 8.92 Å². The number of fused-ring (bicyclic) bond motifs is 3. The Kier molecular flexibility index (Phi) is 6.56. The summed E-state index contributed by atoms with van der Waals surface area (Å²) >= 11 is 0. The topological polar surface area (TPSA) is 117 Å². The lowest BCUT2D eigenvalue weighted by Gasteiger charge is -2.41. The number of pyridine rings is 1. The van der Waals surface area contributed by atoms with Crippen LogP contribution in [-0.2, 0) is 40.7 Å². The number of carbonyl (C=O) groups excluding carboxylic acids is 1. The number of esters is 1. The minimum Gasteiger partial charge on any atom is -0.466 e. The zero-order valence-electron chi connectivity index (χ0n) is 18.8. The van der Waals surface area contributed by atoms with Crippen LogP contribution in [0.2, 0.25) is 0 Å². The van der Waals surface area contributed by atoms with Crippen LogP contribution >= 0.6 is 0 Å². The van der Waals surface area contributed by atoms with Crippen LogP contribution in [0.4, 0.5) is 17.6 Å². The van der Waals surface area contributed by atoms with Crippen molar-refractivity contribution in [1.82, 2.24) is 4.98 Å². The molecule has 0 amide bonds. The number of aryl methyl sites for hydroxylation is 1. The molecular formula is C22H21F4NO7S2. The Morgan fingerprint density at radius 3 is 2.36 bits per heavy atom. The van der Waals surface area contributed by atoms with Crippen LogP contribution in [0.15, 0.2) is 41.3 Å². The number of ether oxygens (including phenoxy) is 1. The van der Waals surface area contributed by atoms with Gasteiger partial charge in [-0.05, 0) is 68.4 Å². The van der Waals surface area contributed by atoms with Crippen molar-refractivity contribution < 1.29 is 48.1 Å². The highest BCUT2D eigenvalue weighted by Gasteiger charge is 2.62. The summed E-state index contributed by atoms with van der Waals surface area (Å²) in [6.45, 7) is 1.71. The molecule has 1 fully saturated rings. The zero-order chi connectivity index (χ0) is 26.5. The fourth-order valence-electron chi connectivity index (χ4n) is 5.24. The summed E-state index contributed by atoms with van der Waals surface area (Å²) in [6, 6.07) is 6.19. The lowest BCUT2D eigenvalue weighted by molar-refractivity contribution is -0.149. The van der Waals surface area contributed by atoms with E-state index < -0.39 is 59.7 Å². The largest absolute Gasteiger partial charge is 0.534 e. The number of nitrogens with zero attached hydrogens (tertiary/aromatic N) is 1. The molecule has 0 bridgehead atoms. The third-order valence-electron chi connectivity index (χ3n) is 6.68. The highest BCUT2D eigenvalue weighted by atomic mass is 32.2. The predicted molar refractivity (Wildman–Crippen MR) is 116 cm³/mol. The van der Waals surface area contributed by atoms with Crippen molar-refractivity contribution in [3.8, 4) is 5.88 Å². The first-order chi connectivity index (χ1) is 16.7. The van der Waals surface area contributed by atoms with E-state index >= 15 is 0 Å². The number of rotatable bonds is 6. The first kappa shape index (κ1) is 26.3. The highest BCUT2D eigenvalue weighted by Crippen LogP contribution is 2.59. The van der Waals surface area contributed by atoms with Crippen molar-refractivity contribution >= 4 is 25.9 Å². The minimum atomic E-state index is -5.99. The first-order valence-corrected chi connectivity index (χ1v) is 13.8. The number of hydrogen-bond acceptors (Lipinski definition) is 8. The fourth-order valence-corrected chi connectivity index (χ4v) is 8.11. The quantitative estimate of drug-likeness (QED) is 0.176. The van der Waals surface area contributed by atoms with Gasteiger partial charge >= 0.3 is 21.6 Å². The van der Waals surface area contributed by atoms with Crippen LogP contribution in [0.25, 0.3) is 0 Å². The number of aromatic nitrogens is 1. The highest BCUT2D eigenvalue weighted by molar-refractivity contribution is 7.92. The van der Waals surface area contributed by atoms with E-state index in [0.717, 1.165) is 30.3 Å². The first-order valence-electron chi connectivity index (χ1n) is 10.9. The van der Waals surface area contributed by atoms with Gasteiger partial charge in [-0.3, -0.25) is 4.79 Å². The van der Waals surface area contributed by atoms with E-state index in [2.05, 4.69) is 9.17 Å². The van der Waals surface area contributed by atoms with Gasteiger partial charge in [-0.2, -0.15) is 21.6 Å². The zero-order valence-corrected chi connectivity index (χ0v) is 20.4. The number of hydrogen-bond donors (Lipinski definition) is 0. The van der Waals surface area contributed by atoms with Crippen molar-refractivity contribution in [2.45, 2.75) is 47.8 Å². The second-order valence-electron chi connectivity index (χ2n) is 8.52. The fraction of sp³-hybridized carbons (Fsp3) is 0.455. The summed E-state index contributed by atoms with van der Waals surface area (Å²) in [5, 5.41) is 0. The molecule has 3 unspecified atom stereocenters. The Morgan fingerprint density at radius 2 is 1.75 bits per heavy atom. The van der Waals surface area contributed by atoms with Gasteiger partial charge in [0, 0.05) is 11.8 Å². The van der Waals surface area contributed by atoms with E-state index in [4.69, 9.17) is 4.74 Å². The van der Waals surface area contributed by atoms with Crippen molar-refractivity contribution in [3.05, 3.63) is 53.5 Å². The Hall–Kier alpha value is -2.74. The van der Waals surface area contributed by atoms with Gasteiger partial charge in [0.05, 0.1) is 17.4 Å². The molecule has 2 aliphatic rings. The van der Waals surface area contributed by atoms with Gasteiger partial charge in [-0.1, -0.05) is 6.07 Å². The molecule has 196 valence electrons. The van der Waals surface area contributed by atoms with Crippen molar-refractivity contribution in [2.24, 2.45) is 11.8 Å². The number of sulfone groups is 1. The summed E-state index contributed by atoms with van der Waals surface area (Å²) in [4.78, 5) is 16.4. The van der Waals surface area contributed by atoms with Crippen LogP contribution in [0.1, 0.15) is 37.4 Å². The van der Waals surface area contributed by atoms with Gasteiger partial charge in [-0.25, -0.2) is 17.8 Å². The SMILES string of the molecule is CCOC(=O)C1CCC2(S(=O)(=O)c3ccc(F)cc3)c3ccc(OS(=O)(=O)C(F)(F)F)nc3CCC12. The summed E-state index contributed by atoms with van der Waals surface area (Å²) in [5.41, 5.74) is -5.51. The summed E-state index contributed by atoms with van der Waals surface area (Å²) in [6.07, 6.45) is 0.292. The predicted octanol–water partition coefficient (Wildman–Crippen LogP) is 3.65. The maximum absolute atomic E-state index is 14.1. The molecule has 0 saturated heterocycles. The average molecular weight is 552 g/mol. The van der Waals surface area contributed by atoms with E-state index in [1.165, 1.54) is 6.07 Å². The van der Waals surface area contributed by atoms with Crippen LogP contribution in [0.3, 0.4) is 0 Å². The third-order valence-corrected chi connectivity index (χ3v) is 10.2. The maximum Gasteiger partial charge on any atom is 0.534 e. The number of halogens is 4. The molecule has 14 heteroatoms. The number of benzene rings is 1. The lowest BCUT2D eigenvalue weighted by Crippen LogP contribution is -2.46. The molecular weight excluding hydrogens is 530 g/mol. The van der Waals surface area contributed by atoms with Crippen LogP contribution in [0, 0.1) is 17.7 Å². The van der Waals surface area contributed by atoms with Gasteiger partial charge in [-0.15, -0.1) is 0 Å². The minimum absolute atomic E-state index is 0.0312. The van der Waals surface area contributed by atoms with Gasteiger partial charge in [0.1, 0.15) is 10.6 Å². The van der Waals surface area contributed by atoms with E-state index in [0.29, 0.717) is 0 Å². The number of alkyl halides is 3. The van der Waals surface area contributed by atoms with Crippen molar-refractivity contribution in [3.63, 3.8) is 0 Å². The molecule has 4 rings (SSSR count). The van der Waals surface area contributed by atoms with E-state index in [9.17, 15) is 39.2 Å². The van der Waals surface area contributed by atoms with Crippen LogP contribution < -0.4 is 4.18 Å². The molecule has 1 heterocycles. The van der Waals surface area contributed by atoms with Gasteiger partial charge in [0.25, 0.3) is 0 Å². The molecule has 1 aromatic heterocycles. The summed E-state index contributed by atoms with van der Waals surface area (Å²) in [7, 11) is -10.3. The monoisotopic (exact) mass is 551 g/mol. The Morgan fingerprint density at radius 1 is 1.08 bits per heavy atom. The summed E-state index contributed by atoms with van der Waals surface area (Å²) in [5.74, 6) is -3.61. The van der Waals surface area contributed by atoms with E-state index in [-0.39, 0.29) is 48.4 Å². The summed E-state index contributed by atoms with van der Waals surface area (Å²) < 4.78 is 110. The molecule has 0 aliphatic heterocycles. The standard InChI is InChI=1S/C22H21F4NO7S2/c1-2-33-20(28)15-11-12-21(35(29,30)14-5-3-13(23)4-6-14)16(15)7-9-18-17(21)8-10-19(27-18)34-36(31,32)22(24,25)26/h3-6,8,10,15-16H,2,7,9,11-12H2,1H3. The Balaban J connectivity index is 1.86. The molecule has 1 saturated carbocycles. The molecule has 0 radical (unpaired) electrons. The maximum atomic E-state index is 14.1. The van der Waals surface area contributed by atoms with Gasteiger partial charge in [0.15, 0.2) is 9.84 Å². The molecule has 0 N–H and O–H groups in total. The van der Waals surface area contributed by atoms with Crippen molar-refractivity contribution in [1.29, 1.82) is 0 Å². The normalized spacial score (nSPS) is 24.0. The molecule has 3 atom stereocenters. The van der Waals surface area contributed by atoms with Crippen LogP contribution in [-0.4, -0.2) is 39.9 Å². The number of carbonyl (C=O) groups is 1. The van der Waals surface area contributed by atoms with E-state index in [1.807, 2.05) is 0 Å². The molecule has 2 aromatic rings. The average Bonchev–Trinajstić information content (AvgIpc) is 3.20. The van der Waals surface area contributed by atoms with E-state index in [1.54, 1.807) is 6.92 Å². The van der Waals surface area contributed by atoms with Crippen molar-refractivity contribution in [2.75, 3.05) is 6.61 Å². The second-order valence-corrected chi connectivity index (χ2v) is 12.3. The Bertz CT molecular complexity index is 1390. The lowest BCUT2D eigenvalue weighted by atomic mass is 9.75. The van der Waals surface area contributed by atoms with Gasteiger partial charge in [0.2, 0.25) is 5.88 Å². The molecule has 0 spiro atoms. The third kappa shape index (κ3) is 4.13. The molecule has 2 aliphatic carbocycles. The molecule has 1 aromatic carbocycles. The molecule has 8 nitrogen and oxygen atoms in total. The second kappa shape index (κ2) is 8.98. The molecule has 36 heavy (non-hydrogen) atoms.